The SMILES string of the molecule is COCCNC(=NCC(C)(C)CN)Nc1ccc2c(c1)OCO2. The quantitative estimate of drug-likeness (QED) is 0.399. The molecule has 0 aromatic heterocycles. The molecule has 0 saturated carbocycles. The molecule has 0 unspecified atom stereocenters. The summed E-state index contributed by atoms with van der Waals surface area (Å²) in [4.78, 5) is 4.61. The van der Waals surface area contributed by atoms with Crippen LogP contribution in [-0.2, 0) is 4.74 Å². The molecule has 4 N–H and O–H groups in total. The van der Waals surface area contributed by atoms with Gasteiger partial charge in [0.1, 0.15) is 0 Å². The van der Waals surface area contributed by atoms with Crippen molar-refractivity contribution in [1.82, 2.24) is 5.32 Å². The number of nitrogens with one attached hydrogen (secondary N) is 2. The summed E-state index contributed by atoms with van der Waals surface area (Å²) in [5.41, 5.74) is 6.60. The third-order valence-electron chi connectivity index (χ3n) is 3.45. The summed E-state index contributed by atoms with van der Waals surface area (Å²) < 4.78 is 15.8. The summed E-state index contributed by atoms with van der Waals surface area (Å²) in [5, 5.41) is 6.51. The summed E-state index contributed by atoms with van der Waals surface area (Å²) >= 11 is 0. The zero-order chi connectivity index (χ0) is 16.7. The molecule has 0 fully saturated rings. The average Bonchev–Trinajstić information content (AvgIpc) is 3.00. The largest absolute Gasteiger partial charge is 0.454 e. The van der Waals surface area contributed by atoms with Gasteiger partial charge in [-0.3, -0.25) is 4.99 Å². The molecule has 0 spiro atoms. The lowest BCUT2D eigenvalue weighted by molar-refractivity contribution is 0.174. The van der Waals surface area contributed by atoms with Crippen LogP contribution in [0, 0.1) is 5.41 Å². The van der Waals surface area contributed by atoms with Crippen LogP contribution in [0.15, 0.2) is 23.2 Å². The lowest BCUT2D eigenvalue weighted by atomic mass is 9.94. The fourth-order valence-corrected chi connectivity index (χ4v) is 1.88. The summed E-state index contributed by atoms with van der Waals surface area (Å²) in [7, 11) is 1.67. The normalized spacial score (nSPS) is 14.0. The van der Waals surface area contributed by atoms with E-state index in [1.165, 1.54) is 0 Å². The number of fused-ring (bicyclic) bond motifs is 1. The molecule has 7 nitrogen and oxygen atoms in total. The highest BCUT2D eigenvalue weighted by atomic mass is 16.7. The summed E-state index contributed by atoms with van der Waals surface area (Å²) in [6, 6.07) is 5.69. The number of methoxy groups -OCH3 is 1. The smallest absolute Gasteiger partial charge is 0.231 e. The second-order valence-corrected chi connectivity index (χ2v) is 6.15. The van der Waals surface area contributed by atoms with Crippen molar-refractivity contribution in [2.24, 2.45) is 16.1 Å². The van der Waals surface area contributed by atoms with E-state index in [-0.39, 0.29) is 12.2 Å². The summed E-state index contributed by atoms with van der Waals surface area (Å²) in [5.74, 6) is 2.17. The topological polar surface area (TPSA) is 90.1 Å². The highest BCUT2D eigenvalue weighted by molar-refractivity contribution is 5.94. The Morgan fingerprint density at radius 3 is 2.87 bits per heavy atom. The van der Waals surface area contributed by atoms with Crippen LogP contribution in [0.3, 0.4) is 0 Å². The summed E-state index contributed by atoms with van der Waals surface area (Å²) in [6.45, 7) is 6.89. The van der Waals surface area contributed by atoms with Gasteiger partial charge >= 0.3 is 0 Å². The number of ether oxygens (including phenoxy) is 3. The molecular formula is C16H26N4O3. The molecule has 7 heteroatoms. The van der Waals surface area contributed by atoms with E-state index >= 15 is 0 Å². The van der Waals surface area contributed by atoms with Gasteiger partial charge in [-0.25, -0.2) is 0 Å². The predicted molar refractivity (Wildman–Crippen MR) is 91.2 cm³/mol. The molecule has 0 aliphatic carbocycles. The van der Waals surface area contributed by atoms with Gasteiger partial charge in [-0.2, -0.15) is 0 Å². The highest BCUT2D eigenvalue weighted by Gasteiger charge is 2.16. The molecule has 1 aromatic carbocycles. The predicted octanol–water partition coefficient (Wildman–Crippen LogP) is 1.40. The van der Waals surface area contributed by atoms with Crippen molar-refractivity contribution in [2.75, 3.05) is 45.5 Å². The van der Waals surface area contributed by atoms with Gasteiger partial charge < -0.3 is 30.6 Å². The number of hydrogen-bond acceptors (Lipinski definition) is 5. The van der Waals surface area contributed by atoms with Crippen molar-refractivity contribution in [2.45, 2.75) is 13.8 Å². The number of nitrogens with zero attached hydrogens (tertiary/aromatic N) is 1. The second-order valence-electron chi connectivity index (χ2n) is 6.15. The molecular weight excluding hydrogens is 296 g/mol. The zero-order valence-electron chi connectivity index (χ0n) is 14.0. The van der Waals surface area contributed by atoms with E-state index in [0.717, 1.165) is 17.2 Å². The molecule has 0 bridgehead atoms. The Morgan fingerprint density at radius 2 is 2.13 bits per heavy atom. The first-order valence-corrected chi connectivity index (χ1v) is 7.68. The zero-order valence-corrected chi connectivity index (χ0v) is 14.0. The molecule has 128 valence electrons. The van der Waals surface area contributed by atoms with E-state index < -0.39 is 0 Å². The van der Waals surface area contributed by atoms with Crippen molar-refractivity contribution < 1.29 is 14.2 Å². The van der Waals surface area contributed by atoms with Crippen molar-refractivity contribution in [3.05, 3.63) is 18.2 Å². The Morgan fingerprint density at radius 1 is 1.35 bits per heavy atom. The maximum Gasteiger partial charge on any atom is 0.231 e. The number of aliphatic imine (C=N–C) groups is 1. The second kappa shape index (κ2) is 8.03. The van der Waals surface area contributed by atoms with E-state index in [1.807, 2.05) is 18.2 Å². The van der Waals surface area contributed by atoms with Crippen molar-refractivity contribution in [3.63, 3.8) is 0 Å². The lowest BCUT2D eigenvalue weighted by Crippen LogP contribution is -2.35. The number of hydrogen-bond donors (Lipinski definition) is 3. The third-order valence-corrected chi connectivity index (χ3v) is 3.45. The molecule has 0 saturated heterocycles. The standard InChI is InChI=1S/C16H26N4O3/c1-16(2,9-17)10-19-15(18-6-7-21-3)20-12-4-5-13-14(8-12)23-11-22-13/h4-5,8H,6-7,9-11,17H2,1-3H3,(H2,18,19,20). The van der Waals surface area contributed by atoms with Crippen molar-refractivity contribution >= 4 is 11.6 Å². The lowest BCUT2D eigenvalue weighted by Gasteiger charge is -2.21. The molecule has 2 rings (SSSR count). The van der Waals surface area contributed by atoms with E-state index in [1.54, 1.807) is 7.11 Å². The van der Waals surface area contributed by atoms with Crippen LogP contribution in [0.4, 0.5) is 5.69 Å². The van der Waals surface area contributed by atoms with Gasteiger partial charge in [-0.15, -0.1) is 0 Å². The Hall–Kier alpha value is -1.99. The Balaban J connectivity index is 2.05. The molecule has 0 amide bonds. The van der Waals surface area contributed by atoms with Gasteiger partial charge in [0.05, 0.1) is 6.61 Å². The highest BCUT2D eigenvalue weighted by Crippen LogP contribution is 2.34. The number of rotatable bonds is 7. The van der Waals surface area contributed by atoms with Crippen LogP contribution in [0.2, 0.25) is 0 Å². The first-order valence-electron chi connectivity index (χ1n) is 7.68. The summed E-state index contributed by atoms with van der Waals surface area (Å²) in [6.07, 6.45) is 0. The van der Waals surface area contributed by atoms with Crippen LogP contribution in [0.25, 0.3) is 0 Å². The van der Waals surface area contributed by atoms with Crippen molar-refractivity contribution in [1.29, 1.82) is 0 Å². The van der Waals surface area contributed by atoms with Crippen LogP contribution >= 0.6 is 0 Å². The van der Waals surface area contributed by atoms with Gasteiger partial charge in [0.15, 0.2) is 17.5 Å². The van der Waals surface area contributed by atoms with Crippen LogP contribution in [0.5, 0.6) is 11.5 Å². The van der Waals surface area contributed by atoms with E-state index in [9.17, 15) is 0 Å². The van der Waals surface area contributed by atoms with Crippen LogP contribution < -0.4 is 25.8 Å². The first kappa shape index (κ1) is 17.4. The average molecular weight is 322 g/mol. The fourth-order valence-electron chi connectivity index (χ4n) is 1.88. The van der Waals surface area contributed by atoms with E-state index in [2.05, 4.69) is 29.5 Å². The minimum Gasteiger partial charge on any atom is -0.454 e. The molecule has 0 atom stereocenters. The number of anilines is 1. The number of guanidine groups is 1. The monoisotopic (exact) mass is 322 g/mol. The maximum atomic E-state index is 5.77. The maximum absolute atomic E-state index is 5.77. The van der Waals surface area contributed by atoms with Crippen molar-refractivity contribution in [3.8, 4) is 11.5 Å². The number of nitrogens with two attached hydrogens (primary N) is 1. The van der Waals surface area contributed by atoms with E-state index in [0.29, 0.717) is 32.2 Å². The molecule has 23 heavy (non-hydrogen) atoms. The minimum atomic E-state index is -0.0508. The molecule has 1 aromatic rings. The Kier molecular flexibility index (Phi) is 6.06. The molecule has 1 heterocycles. The number of benzene rings is 1. The minimum absolute atomic E-state index is 0.0508. The van der Waals surface area contributed by atoms with Gasteiger partial charge in [0, 0.05) is 32.0 Å². The van der Waals surface area contributed by atoms with Gasteiger partial charge in [0.25, 0.3) is 0 Å². The van der Waals surface area contributed by atoms with Gasteiger partial charge in [0.2, 0.25) is 6.79 Å². The third kappa shape index (κ3) is 5.30. The Bertz CT molecular complexity index is 546. The van der Waals surface area contributed by atoms with Crippen LogP contribution in [-0.4, -0.2) is 46.1 Å². The Labute approximate surface area is 137 Å². The molecule has 1 aliphatic heterocycles. The molecule has 1 aliphatic rings. The fraction of sp³-hybridized carbons (Fsp3) is 0.562. The molecule has 0 radical (unpaired) electrons. The first-order chi connectivity index (χ1) is 11.0. The van der Waals surface area contributed by atoms with Gasteiger partial charge in [-0.1, -0.05) is 13.8 Å². The van der Waals surface area contributed by atoms with E-state index in [4.69, 9.17) is 19.9 Å². The van der Waals surface area contributed by atoms with Gasteiger partial charge in [-0.05, 0) is 24.1 Å². The van der Waals surface area contributed by atoms with Crippen LogP contribution in [0.1, 0.15) is 13.8 Å².